The van der Waals surface area contributed by atoms with Crippen LogP contribution in [0.25, 0.3) is 6.08 Å². The summed E-state index contributed by atoms with van der Waals surface area (Å²) in [6, 6.07) is 3.99. The highest BCUT2D eigenvalue weighted by Crippen LogP contribution is 2.18. The fourth-order valence-corrected chi connectivity index (χ4v) is 1.77. The van der Waals surface area contributed by atoms with Crippen LogP contribution in [-0.2, 0) is 9.59 Å². The Bertz CT molecular complexity index is 469. The topological polar surface area (TPSA) is 34.1 Å². The van der Waals surface area contributed by atoms with E-state index in [4.69, 9.17) is 0 Å². The van der Waals surface area contributed by atoms with E-state index in [1.165, 1.54) is 30.5 Å². The van der Waals surface area contributed by atoms with Gasteiger partial charge in [0, 0.05) is 0 Å². The number of carbonyl (C=O) groups excluding carboxylic acids is 2. The summed E-state index contributed by atoms with van der Waals surface area (Å²) in [4.78, 5) is 22.7. The molecule has 0 radical (unpaired) electrons. The van der Waals surface area contributed by atoms with Crippen LogP contribution < -0.4 is 0 Å². The van der Waals surface area contributed by atoms with Gasteiger partial charge in [-0.15, -0.1) is 0 Å². The van der Waals surface area contributed by atoms with Crippen molar-refractivity contribution in [3.05, 3.63) is 40.0 Å². The third kappa shape index (κ3) is 3.13. The second-order valence-electron chi connectivity index (χ2n) is 4.45. The van der Waals surface area contributed by atoms with Crippen LogP contribution >= 0.6 is 0 Å². The molecule has 0 aliphatic heterocycles. The van der Waals surface area contributed by atoms with Gasteiger partial charge in [-0.3, -0.25) is 9.59 Å². The molecule has 0 spiro atoms. The molecule has 1 aromatic rings. The van der Waals surface area contributed by atoms with Crippen LogP contribution in [0.15, 0.2) is 17.7 Å². The first-order chi connectivity index (χ1) is 7.82. The number of aryl methyl sites for hydroxylation is 2. The Kier molecular flexibility index (Phi) is 4.00. The third-order valence-electron chi connectivity index (χ3n) is 3.02. The number of Topliss-reactive ketones (excluding diaryl/α,β-unsaturated/α-hetero) is 2. The highest BCUT2D eigenvalue weighted by molar-refractivity contribution is 6.21. The molecule has 0 N–H and O–H groups in total. The molecular weight excluding hydrogens is 212 g/mol. The number of ketones is 2. The van der Waals surface area contributed by atoms with E-state index in [1.807, 2.05) is 26.0 Å². The molecule has 0 unspecified atom stereocenters. The van der Waals surface area contributed by atoms with Crippen molar-refractivity contribution in [2.24, 2.45) is 0 Å². The standard InChI is InChI=1S/C15H18O2/c1-9-6-14(7-10(2)11(9)3)8-15(12(4)16)13(5)17/h6-8H,1-5H3. The number of benzene rings is 1. The molecule has 0 atom stereocenters. The van der Waals surface area contributed by atoms with Gasteiger partial charge in [0.05, 0.1) is 5.57 Å². The summed E-state index contributed by atoms with van der Waals surface area (Å²) in [5, 5.41) is 0. The zero-order chi connectivity index (χ0) is 13.2. The second-order valence-corrected chi connectivity index (χ2v) is 4.45. The zero-order valence-electron chi connectivity index (χ0n) is 11.0. The molecule has 2 heteroatoms. The average molecular weight is 230 g/mol. The fraction of sp³-hybridized carbons (Fsp3) is 0.333. The lowest BCUT2D eigenvalue weighted by atomic mass is 9.98. The van der Waals surface area contributed by atoms with Crippen molar-refractivity contribution in [3.63, 3.8) is 0 Å². The minimum atomic E-state index is -0.187. The Balaban J connectivity index is 3.30. The molecule has 17 heavy (non-hydrogen) atoms. The molecule has 0 fully saturated rings. The van der Waals surface area contributed by atoms with Crippen LogP contribution in [0, 0.1) is 20.8 Å². The number of hydrogen-bond donors (Lipinski definition) is 0. The molecule has 0 aromatic heterocycles. The number of rotatable bonds is 3. The first-order valence-electron chi connectivity index (χ1n) is 5.64. The smallest absolute Gasteiger partial charge is 0.163 e. The van der Waals surface area contributed by atoms with E-state index in [9.17, 15) is 9.59 Å². The monoisotopic (exact) mass is 230 g/mol. The van der Waals surface area contributed by atoms with E-state index >= 15 is 0 Å². The van der Waals surface area contributed by atoms with Gasteiger partial charge in [0.15, 0.2) is 11.6 Å². The molecule has 0 bridgehead atoms. The predicted octanol–water partition coefficient (Wildman–Crippen LogP) is 3.17. The van der Waals surface area contributed by atoms with Crippen molar-refractivity contribution in [3.8, 4) is 0 Å². The highest BCUT2D eigenvalue weighted by atomic mass is 16.1. The molecule has 1 aromatic carbocycles. The number of carbonyl (C=O) groups is 2. The van der Waals surface area contributed by atoms with Crippen LogP contribution in [0.2, 0.25) is 0 Å². The molecule has 0 saturated heterocycles. The van der Waals surface area contributed by atoms with Crippen molar-refractivity contribution in [1.29, 1.82) is 0 Å². The predicted molar refractivity (Wildman–Crippen MR) is 70.0 cm³/mol. The Labute approximate surface area is 102 Å². The Hall–Kier alpha value is -1.70. The quantitative estimate of drug-likeness (QED) is 0.454. The lowest BCUT2D eigenvalue weighted by Gasteiger charge is -2.07. The van der Waals surface area contributed by atoms with Gasteiger partial charge in [0.1, 0.15) is 0 Å². The number of hydrogen-bond acceptors (Lipinski definition) is 2. The molecule has 90 valence electrons. The van der Waals surface area contributed by atoms with E-state index in [-0.39, 0.29) is 17.1 Å². The van der Waals surface area contributed by atoms with Gasteiger partial charge < -0.3 is 0 Å². The Morgan fingerprint density at radius 1 is 0.941 bits per heavy atom. The minimum Gasteiger partial charge on any atom is -0.294 e. The average Bonchev–Trinajstić information content (AvgIpc) is 2.21. The van der Waals surface area contributed by atoms with E-state index in [0.717, 1.165) is 5.56 Å². The van der Waals surface area contributed by atoms with Gasteiger partial charge in [-0.2, -0.15) is 0 Å². The van der Waals surface area contributed by atoms with Crippen LogP contribution in [0.3, 0.4) is 0 Å². The van der Waals surface area contributed by atoms with Gasteiger partial charge in [0.25, 0.3) is 0 Å². The van der Waals surface area contributed by atoms with E-state index in [1.54, 1.807) is 6.08 Å². The summed E-state index contributed by atoms with van der Waals surface area (Å²) < 4.78 is 0. The van der Waals surface area contributed by atoms with Crippen molar-refractivity contribution in [1.82, 2.24) is 0 Å². The highest BCUT2D eigenvalue weighted by Gasteiger charge is 2.09. The molecular formula is C15H18O2. The summed E-state index contributed by atoms with van der Waals surface area (Å²) in [7, 11) is 0. The zero-order valence-corrected chi connectivity index (χ0v) is 11.0. The molecule has 0 aliphatic carbocycles. The van der Waals surface area contributed by atoms with Crippen molar-refractivity contribution < 1.29 is 9.59 Å². The molecule has 1 rings (SSSR count). The van der Waals surface area contributed by atoms with Crippen LogP contribution in [0.1, 0.15) is 36.1 Å². The molecule has 2 nitrogen and oxygen atoms in total. The Morgan fingerprint density at radius 3 is 1.71 bits per heavy atom. The normalized spacial score (nSPS) is 9.94. The molecule has 0 aliphatic rings. The third-order valence-corrected chi connectivity index (χ3v) is 3.02. The summed E-state index contributed by atoms with van der Waals surface area (Å²) in [5.74, 6) is -0.373. The van der Waals surface area contributed by atoms with E-state index in [0.29, 0.717) is 0 Å². The van der Waals surface area contributed by atoms with E-state index in [2.05, 4.69) is 6.92 Å². The maximum absolute atomic E-state index is 11.3. The first-order valence-corrected chi connectivity index (χ1v) is 5.64. The van der Waals surface area contributed by atoms with Gasteiger partial charge in [-0.25, -0.2) is 0 Å². The summed E-state index contributed by atoms with van der Waals surface area (Å²) >= 11 is 0. The van der Waals surface area contributed by atoms with Gasteiger partial charge in [-0.1, -0.05) is 12.1 Å². The van der Waals surface area contributed by atoms with Crippen molar-refractivity contribution >= 4 is 17.6 Å². The first kappa shape index (κ1) is 13.4. The van der Waals surface area contributed by atoms with Gasteiger partial charge in [-0.05, 0) is 62.9 Å². The maximum atomic E-state index is 11.3. The van der Waals surface area contributed by atoms with Crippen LogP contribution in [-0.4, -0.2) is 11.6 Å². The van der Waals surface area contributed by atoms with Gasteiger partial charge in [0.2, 0.25) is 0 Å². The second kappa shape index (κ2) is 5.09. The molecule has 0 heterocycles. The minimum absolute atomic E-state index is 0.187. The van der Waals surface area contributed by atoms with E-state index < -0.39 is 0 Å². The largest absolute Gasteiger partial charge is 0.294 e. The Morgan fingerprint density at radius 2 is 1.35 bits per heavy atom. The molecule has 0 amide bonds. The fourth-order valence-electron chi connectivity index (χ4n) is 1.77. The molecule has 0 saturated carbocycles. The van der Waals surface area contributed by atoms with Crippen molar-refractivity contribution in [2.45, 2.75) is 34.6 Å². The lowest BCUT2D eigenvalue weighted by molar-refractivity contribution is -0.119. The summed E-state index contributed by atoms with van der Waals surface area (Å²) in [5.41, 5.74) is 4.75. The lowest BCUT2D eigenvalue weighted by Crippen LogP contribution is -2.05. The number of allylic oxidation sites excluding steroid dienone is 1. The maximum Gasteiger partial charge on any atom is 0.163 e. The van der Waals surface area contributed by atoms with Gasteiger partial charge >= 0.3 is 0 Å². The van der Waals surface area contributed by atoms with Crippen LogP contribution in [0.5, 0.6) is 0 Å². The SMILES string of the molecule is CC(=O)C(=Cc1cc(C)c(C)c(C)c1)C(C)=O. The van der Waals surface area contributed by atoms with Crippen molar-refractivity contribution in [2.75, 3.05) is 0 Å². The summed E-state index contributed by atoms with van der Waals surface area (Å²) in [6.45, 7) is 8.96. The summed E-state index contributed by atoms with van der Waals surface area (Å²) in [6.07, 6.45) is 1.67. The van der Waals surface area contributed by atoms with Crippen LogP contribution in [0.4, 0.5) is 0 Å².